The minimum absolute atomic E-state index is 0.112. The number of benzene rings is 3. The van der Waals surface area contributed by atoms with Crippen LogP contribution in [0.25, 0.3) is 0 Å². The third kappa shape index (κ3) is 4.30. The maximum absolute atomic E-state index is 15.1. The lowest BCUT2D eigenvalue weighted by Gasteiger charge is -2.31. The lowest BCUT2D eigenvalue weighted by molar-refractivity contribution is -0.131. The van der Waals surface area contributed by atoms with Gasteiger partial charge in [0.2, 0.25) is 12.1 Å². The summed E-state index contributed by atoms with van der Waals surface area (Å²) in [5.41, 5.74) is 1.31. The predicted octanol–water partition coefficient (Wildman–Crippen LogP) is 3.21. The van der Waals surface area contributed by atoms with E-state index in [2.05, 4.69) is 4.99 Å². The number of nitrogens with zero attached hydrogens (tertiary/aromatic N) is 4. The van der Waals surface area contributed by atoms with Crippen LogP contribution in [0, 0.1) is 5.82 Å². The molecule has 1 fully saturated rings. The van der Waals surface area contributed by atoms with E-state index in [1.807, 2.05) is 0 Å². The minimum atomic E-state index is -1.64. The van der Waals surface area contributed by atoms with Crippen molar-refractivity contribution in [3.8, 4) is 0 Å². The molecule has 0 spiro atoms. The first kappa shape index (κ1) is 25.0. The van der Waals surface area contributed by atoms with Crippen LogP contribution in [0.5, 0.6) is 0 Å². The molecule has 0 N–H and O–H groups in total. The Morgan fingerprint density at radius 2 is 1.38 bits per heavy atom. The molecule has 0 saturated carbocycles. The van der Waals surface area contributed by atoms with Gasteiger partial charge in [-0.1, -0.05) is 42.5 Å². The van der Waals surface area contributed by atoms with Crippen molar-refractivity contribution >= 4 is 46.8 Å². The van der Waals surface area contributed by atoms with Crippen LogP contribution in [0.15, 0.2) is 77.8 Å². The van der Waals surface area contributed by atoms with Crippen LogP contribution < -0.4 is 4.90 Å². The number of thioether (sulfide) groups is 1. The maximum atomic E-state index is 15.1. The number of halogens is 1. The highest BCUT2D eigenvalue weighted by atomic mass is 32.2. The number of anilines is 1. The predicted molar refractivity (Wildman–Crippen MR) is 145 cm³/mol. The lowest BCUT2D eigenvalue weighted by Crippen LogP contribution is -2.53. The van der Waals surface area contributed by atoms with Crippen molar-refractivity contribution < 1.29 is 23.6 Å². The fourth-order valence-electron chi connectivity index (χ4n) is 5.09. The first-order valence-electron chi connectivity index (χ1n) is 12.5. The summed E-state index contributed by atoms with van der Waals surface area (Å²) in [6.07, 6.45) is -1.64. The number of para-hydroxylation sites is 1. The van der Waals surface area contributed by atoms with Gasteiger partial charge in [0.1, 0.15) is 12.4 Å². The number of imide groups is 1. The van der Waals surface area contributed by atoms with Crippen molar-refractivity contribution in [1.29, 1.82) is 0 Å². The molecule has 0 radical (unpaired) electrons. The normalized spacial score (nSPS) is 19.0. The zero-order valence-electron chi connectivity index (χ0n) is 20.7. The first-order chi connectivity index (χ1) is 19.0. The summed E-state index contributed by atoms with van der Waals surface area (Å²) < 4.78 is 15.1. The van der Waals surface area contributed by atoms with Gasteiger partial charge in [0, 0.05) is 35.7 Å². The molecule has 0 aromatic heterocycles. The number of aliphatic imine (C=N–C) groups is 1. The van der Waals surface area contributed by atoms with E-state index in [0.717, 1.165) is 16.4 Å². The second-order valence-corrected chi connectivity index (χ2v) is 10.5. The molecule has 39 heavy (non-hydrogen) atoms. The number of hydrogen-bond acceptors (Lipinski definition) is 6. The van der Waals surface area contributed by atoms with Crippen LogP contribution >= 0.6 is 11.8 Å². The monoisotopic (exact) mass is 542 g/mol. The van der Waals surface area contributed by atoms with Gasteiger partial charge in [0.15, 0.2) is 0 Å². The Kier molecular flexibility index (Phi) is 6.48. The average Bonchev–Trinajstić information content (AvgIpc) is 3.15. The zero-order valence-corrected chi connectivity index (χ0v) is 21.6. The molecular formula is C29H23FN4O4S. The molecule has 0 bridgehead atoms. The standard InChI is InChI=1S/C29H23FN4O4S/c30-22-11-5-3-9-20(22)25-21-10-4-6-12-23(21)33(17-24(35)32-13-15-39-16-14-32)29(38)26(31-25)34-27(36)18-7-1-2-8-19(18)28(34)37/h1-12,26H,13-17H2. The fraction of sp³-hybridized carbons (Fsp3) is 0.207. The SMILES string of the molecule is O=C(CN1C(=O)C(N2C(=O)c3ccccc3C2=O)N=C(c2ccccc2F)c2ccccc21)N1CCSCC1. The summed E-state index contributed by atoms with van der Waals surface area (Å²) in [5.74, 6) is -1.29. The quantitative estimate of drug-likeness (QED) is 0.473. The third-order valence-electron chi connectivity index (χ3n) is 7.04. The van der Waals surface area contributed by atoms with Gasteiger partial charge in [-0.25, -0.2) is 14.3 Å². The van der Waals surface area contributed by atoms with Crippen molar-refractivity contribution in [2.24, 2.45) is 4.99 Å². The van der Waals surface area contributed by atoms with Gasteiger partial charge in [-0.2, -0.15) is 11.8 Å². The Morgan fingerprint density at radius 3 is 2.03 bits per heavy atom. The van der Waals surface area contributed by atoms with E-state index in [9.17, 15) is 19.2 Å². The Labute approximate surface area is 228 Å². The number of hydrogen-bond donors (Lipinski definition) is 0. The summed E-state index contributed by atoms with van der Waals surface area (Å²) >= 11 is 1.76. The Bertz CT molecular complexity index is 1520. The molecule has 8 nitrogen and oxygen atoms in total. The lowest BCUT2D eigenvalue weighted by atomic mass is 9.99. The van der Waals surface area contributed by atoms with E-state index in [0.29, 0.717) is 24.3 Å². The van der Waals surface area contributed by atoms with Gasteiger partial charge in [-0.3, -0.25) is 24.1 Å². The highest BCUT2D eigenvalue weighted by Crippen LogP contribution is 2.33. The van der Waals surface area contributed by atoms with Gasteiger partial charge in [0.25, 0.3) is 17.7 Å². The van der Waals surface area contributed by atoms with Crippen molar-refractivity contribution in [3.05, 3.63) is 101 Å². The summed E-state index contributed by atoms with van der Waals surface area (Å²) in [7, 11) is 0. The molecule has 4 amide bonds. The summed E-state index contributed by atoms with van der Waals surface area (Å²) in [4.78, 5) is 62.8. The second kappa shape index (κ2) is 10.1. The number of carbonyl (C=O) groups is 4. The van der Waals surface area contributed by atoms with Gasteiger partial charge < -0.3 is 4.90 Å². The average molecular weight is 543 g/mol. The Balaban J connectivity index is 1.50. The van der Waals surface area contributed by atoms with E-state index in [4.69, 9.17) is 0 Å². The number of rotatable bonds is 4. The summed E-state index contributed by atoms with van der Waals surface area (Å²) in [5, 5.41) is 0. The molecule has 3 aliphatic rings. The Hall–Kier alpha value is -4.31. The van der Waals surface area contributed by atoms with Crippen molar-refractivity contribution in [1.82, 2.24) is 9.80 Å². The third-order valence-corrected chi connectivity index (χ3v) is 7.99. The molecule has 1 atom stereocenters. The Morgan fingerprint density at radius 1 is 0.821 bits per heavy atom. The summed E-state index contributed by atoms with van der Waals surface area (Å²) in [6, 6.07) is 19.1. The smallest absolute Gasteiger partial charge is 0.273 e. The van der Waals surface area contributed by atoms with E-state index >= 15 is 4.39 Å². The molecule has 1 saturated heterocycles. The highest BCUT2D eigenvalue weighted by Gasteiger charge is 2.46. The first-order valence-corrected chi connectivity index (χ1v) is 13.7. The van der Waals surface area contributed by atoms with Crippen molar-refractivity contribution in [3.63, 3.8) is 0 Å². The van der Waals surface area contributed by atoms with Gasteiger partial charge in [0.05, 0.1) is 22.5 Å². The van der Waals surface area contributed by atoms with Crippen LogP contribution in [0.3, 0.4) is 0 Å². The maximum Gasteiger partial charge on any atom is 0.273 e. The minimum Gasteiger partial charge on any atom is -0.339 e. The van der Waals surface area contributed by atoms with Crippen LogP contribution in [0.4, 0.5) is 10.1 Å². The van der Waals surface area contributed by atoms with Crippen molar-refractivity contribution in [2.75, 3.05) is 36.0 Å². The van der Waals surface area contributed by atoms with Crippen LogP contribution in [-0.4, -0.2) is 76.4 Å². The van der Waals surface area contributed by atoms with E-state index in [1.165, 1.54) is 35.2 Å². The van der Waals surface area contributed by atoms with Crippen molar-refractivity contribution in [2.45, 2.75) is 6.17 Å². The van der Waals surface area contributed by atoms with Gasteiger partial charge in [-0.15, -0.1) is 0 Å². The topological polar surface area (TPSA) is 90.4 Å². The molecule has 3 aliphatic heterocycles. The molecule has 3 aromatic rings. The van der Waals surface area contributed by atoms with Gasteiger partial charge in [-0.05, 0) is 30.3 Å². The van der Waals surface area contributed by atoms with Crippen LogP contribution in [0.2, 0.25) is 0 Å². The molecule has 0 aliphatic carbocycles. The molecule has 3 heterocycles. The van der Waals surface area contributed by atoms with E-state index in [-0.39, 0.29) is 34.9 Å². The summed E-state index contributed by atoms with van der Waals surface area (Å²) in [6.45, 7) is 0.818. The van der Waals surface area contributed by atoms with E-state index < -0.39 is 29.7 Å². The van der Waals surface area contributed by atoms with Gasteiger partial charge >= 0.3 is 0 Å². The molecule has 10 heteroatoms. The second-order valence-electron chi connectivity index (χ2n) is 9.29. The molecule has 3 aromatic carbocycles. The molecule has 6 rings (SSSR count). The van der Waals surface area contributed by atoms with Crippen LogP contribution in [-0.2, 0) is 9.59 Å². The number of amides is 4. The van der Waals surface area contributed by atoms with E-state index in [1.54, 1.807) is 59.1 Å². The number of benzodiazepines with no additional fused rings is 1. The largest absolute Gasteiger partial charge is 0.339 e. The molecular weight excluding hydrogens is 519 g/mol. The molecule has 1 unspecified atom stereocenters. The number of carbonyl (C=O) groups excluding carboxylic acids is 4. The highest BCUT2D eigenvalue weighted by molar-refractivity contribution is 7.99. The number of fused-ring (bicyclic) bond motifs is 2. The fourth-order valence-corrected chi connectivity index (χ4v) is 5.99. The zero-order chi connectivity index (χ0) is 27.1. The van der Waals surface area contributed by atoms with Crippen LogP contribution in [0.1, 0.15) is 31.8 Å². The molecule has 196 valence electrons.